The molecule has 2 aromatic rings. The third-order valence-corrected chi connectivity index (χ3v) is 3.04. The second kappa shape index (κ2) is 6.88. The molecule has 1 aromatic heterocycles. The number of nitrogens with two attached hydrogens (primary N) is 1. The summed E-state index contributed by atoms with van der Waals surface area (Å²) in [5, 5.41) is 2.90. The van der Waals surface area contributed by atoms with Gasteiger partial charge in [-0.15, -0.1) is 0 Å². The standard InChI is InChI=1S/C15H18N2O3/c1-19-13(10-16)15(18)17-14(12-8-5-9-20-12)11-6-3-2-4-7-11/h2-9,13-14H,10,16H2,1H3,(H,17,18). The Hall–Kier alpha value is -2.11. The number of furan rings is 1. The first-order valence-corrected chi connectivity index (χ1v) is 6.38. The summed E-state index contributed by atoms with van der Waals surface area (Å²) in [4.78, 5) is 12.1. The molecule has 0 spiro atoms. The van der Waals surface area contributed by atoms with E-state index in [9.17, 15) is 4.79 Å². The Balaban J connectivity index is 2.23. The van der Waals surface area contributed by atoms with Crippen molar-refractivity contribution >= 4 is 5.91 Å². The molecule has 1 aromatic carbocycles. The SMILES string of the molecule is COC(CN)C(=O)NC(c1ccccc1)c1ccco1. The van der Waals surface area contributed by atoms with Crippen molar-refractivity contribution in [1.29, 1.82) is 0 Å². The fraction of sp³-hybridized carbons (Fsp3) is 0.267. The molecule has 5 heteroatoms. The van der Waals surface area contributed by atoms with E-state index >= 15 is 0 Å². The van der Waals surface area contributed by atoms with Gasteiger partial charge in [0.15, 0.2) is 0 Å². The minimum atomic E-state index is -0.670. The molecule has 0 aliphatic rings. The molecule has 0 saturated carbocycles. The van der Waals surface area contributed by atoms with Gasteiger partial charge in [0.25, 0.3) is 5.91 Å². The Bertz CT molecular complexity index is 521. The van der Waals surface area contributed by atoms with Gasteiger partial charge in [-0.05, 0) is 17.7 Å². The molecule has 5 nitrogen and oxygen atoms in total. The van der Waals surface area contributed by atoms with E-state index in [1.54, 1.807) is 12.3 Å². The zero-order valence-electron chi connectivity index (χ0n) is 11.3. The van der Waals surface area contributed by atoms with Crippen molar-refractivity contribution in [2.45, 2.75) is 12.1 Å². The average Bonchev–Trinajstić information content (AvgIpc) is 3.01. The largest absolute Gasteiger partial charge is 0.467 e. The zero-order chi connectivity index (χ0) is 14.4. The van der Waals surface area contributed by atoms with Crippen molar-refractivity contribution in [1.82, 2.24) is 5.32 Å². The predicted octanol–water partition coefficient (Wildman–Crippen LogP) is 1.46. The van der Waals surface area contributed by atoms with E-state index < -0.39 is 6.10 Å². The summed E-state index contributed by atoms with van der Waals surface area (Å²) in [7, 11) is 1.46. The Kier molecular flexibility index (Phi) is 4.92. The topological polar surface area (TPSA) is 77.5 Å². The van der Waals surface area contributed by atoms with Crippen molar-refractivity contribution in [2.24, 2.45) is 5.73 Å². The third kappa shape index (κ3) is 3.26. The molecule has 20 heavy (non-hydrogen) atoms. The molecule has 0 bridgehead atoms. The van der Waals surface area contributed by atoms with Crippen LogP contribution in [0.2, 0.25) is 0 Å². The minimum absolute atomic E-state index is 0.127. The van der Waals surface area contributed by atoms with Crippen LogP contribution in [0.3, 0.4) is 0 Å². The van der Waals surface area contributed by atoms with Crippen LogP contribution in [0.25, 0.3) is 0 Å². The first-order valence-electron chi connectivity index (χ1n) is 6.38. The van der Waals surface area contributed by atoms with Gasteiger partial charge >= 0.3 is 0 Å². The highest BCUT2D eigenvalue weighted by atomic mass is 16.5. The minimum Gasteiger partial charge on any atom is -0.467 e. The number of rotatable bonds is 6. The van der Waals surface area contributed by atoms with E-state index in [4.69, 9.17) is 14.9 Å². The molecule has 2 rings (SSSR count). The van der Waals surface area contributed by atoms with Gasteiger partial charge in [0, 0.05) is 13.7 Å². The molecule has 0 fully saturated rings. The number of carbonyl (C=O) groups is 1. The Morgan fingerprint density at radius 2 is 2.05 bits per heavy atom. The zero-order valence-corrected chi connectivity index (χ0v) is 11.3. The van der Waals surface area contributed by atoms with E-state index in [0.29, 0.717) is 5.76 Å². The number of methoxy groups -OCH3 is 1. The summed E-state index contributed by atoms with van der Waals surface area (Å²) in [6.45, 7) is 0.127. The number of benzene rings is 1. The summed E-state index contributed by atoms with van der Waals surface area (Å²) < 4.78 is 10.5. The summed E-state index contributed by atoms with van der Waals surface area (Å²) in [5.41, 5.74) is 6.44. The lowest BCUT2D eigenvalue weighted by molar-refractivity contribution is -0.131. The maximum absolute atomic E-state index is 12.1. The van der Waals surface area contributed by atoms with Crippen LogP contribution in [0, 0.1) is 0 Å². The fourth-order valence-electron chi connectivity index (χ4n) is 1.97. The maximum Gasteiger partial charge on any atom is 0.251 e. The monoisotopic (exact) mass is 274 g/mol. The number of hydrogen-bond donors (Lipinski definition) is 2. The number of ether oxygens (including phenoxy) is 1. The lowest BCUT2D eigenvalue weighted by Crippen LogP contribution is -2.42. The van der Waals surface area contributed by atoms with Crippen LogP contribution in [-0.2, 0) is 9.53 Å². The number of carbonyl (C=O) groups excluding carboxylic acids is 1. The molecular formula is C15H18N2O3. The quantitative estimate of drug-likeness (QED) is 0.836. The van der Waals surface area contributed by atoms with Gasteiger partial charge in [-0.25, -0.2) is 0 Å². The van der Waals surface area contributed by atoms with Crippen LogP contribution in [0.15, 0.2) is 53.1 Å². The second-order valence-corrected chi connectivity index (χ2v) is 4.33. The smallest absolute Gasteiger partial charge is 0.251 e. The van der Waals surface area contributed by atoms with Gasteiger partial charge in [-0.3, -0.25) is 4.79 Å². The molecule has 0 aliphatic carbocycles. The van der Waals surface area contributed by atoms with E-state index in [1.807, 2.05) is 36.4 Å². The molecular weight excluding hydrogens is 256 g/mol. The summed E-state index contributed by atoms with van der Waals surface area (Å²) >= 11 is 0. The number of hydrogen-bond acceptors (Lipinski definition) is 4. The molecule has 2 atom stereocenters. The van der Waals surface area contributed by atoms with Crippen molar-refractivity contribution in [3.05, 3.63) is 60.1 Å². The molecule has 3 N–H and O–H groups in total. The van der Waals surface area contributed by atoms with Crippen molar-refractivity contribution in [3.63, 3.8) is 0 Å². The fourth-order valence-corrected chi connectivity index (χ4v) is 1.97. The first kappa shape index (κ1) is 14.3. The van der Waals surface area contributed by atoms with Crippen LogP contribution in [0.4, 0.5) is 0 Å². The highest BCUT2D eigenvalue weighted by Gasteiger charge is 2.23. The molecule has 106 valence electrons. The molecule has 1 amide bonds. The molecule has 0 saturated heterocycles. The summed E-state index contributed by atoms with van der Waals surface area (Å²) in [6.07, 6.45) is 0.907. The molecule has 0 aliphatic heterocycles. The maximum atomic E-state index is 12.1. The third-order valence-electron chi connectivity index (χ3n) is 3.04. The second-order valence-electron chi connectivity index (χ2n) is 4.33. The van der Waals surface area contributed by atoms with Gasteiger partial charge in [0.2, 0.25) is 0 Å². The van der Waals surface area contributed by atoms with Gasteiger partial charge in [-0.2, -0.15) is 0 Å². The van der Waals surface area contributed by atoms with E-state index in [-0.39, 0.29) is 18.5 Å². The van der Waals surface area contributed by atoms with Gasteiger partial charge in [0.05, 0.1) is 6.26 Å². The van der Waals surface area contributed by atoms with Gasteiger partial charge < -0.3 is 20.2 Å². The lowest BCUT2D eigenvalue weighted by Gasteiger charge is -2.20. The van der Waals surface area contributed by atoms with Gasteiger partial charge in [-0.1, -0.05) is 30.3 Å². The Morgan fingerprint density at radius 1 is 1.30 bits per heavy atom. The number of amides is 1. The van der Waals surface area contributed by atoms with Crippen molar-refractivity contribution in [3.8, 4) is 0 Å². The normalized spacial score (nSPS) is 13.7. The number of nitrogens with one attached hydrogen (secondary N) is 1. The van der Waals surface area contributed by atoms with E-state index in [1.165, 1.54) is 7.11 Å². The predicted molar refractivity (Wildman–Crippen MR) is 75.0 cm³/mol. The Morgan fingerprint density at radius 3 is 2.60 bits per heavy atom. The van der Waals surface area contributed by atoms with Crippen LogP contribution in [-0.4, -0.2) is 25.7 Å². The van der Waals surface area contributed by atoms with Crippen molar-refractivity contribution < 1.29 is 13.9 Å². The van der Waals surface area contributed by atoms with Crippen LogP contribution in [0.5, 0.6) is 0 Å². The van der Waals surface area contributed by atoms with Crippen LogP contribution >= 0.6 is 0 Å². The highest BCUT2D eigenvalue weighted by Crippen LogP contribution is 2.22. The van der Waals surface area contributed by atoms with E-state index in [2.05, 4.69) is 5.32 Å². The first-order chi connectivity index (χ1) is 9.76. The van der Waals surface area contributed by atoms with Gasteiger partial charge in [0.1, 0.15) is 17.9 Å². The lowest BCUT2D eigenvalue weighted by atomic mass is 10.0. The van der Waals surface area contributed by atoms with Crippen LogP contribution in [0.1, 0.15) is 17.4 Å². The molecule has 1 heterocycles. The Labute approximate surface area is 117 Å². The summed E-state index contributed by atoms with van der Waals surface area (Å²) in [6, 6.07) is 12.8. The molecule has 2 unspecified atom stereocenters. The van der Waals surface area contributed by atoms with Crippen molar-refractivity contribution in [2.75, 3.05) is 13.7 Å². The van der Waals surface area contributed by atoms with Crippen LogP contribution < -0.4 is 11.1 Å². The summed E-state index contributed by atoms with van der Waals surface area (Å²) in [5.74, 6) is 0.400. The average molecular weight is 274 g/mol. The highest BCUT2D eigenvalue weighted by molar-refractivity contribution is 5.81. The van der Waals surface area contributed by atoms with E-state index in [0.717, 1.165) is 5.56 Å². The molecule has 0 radical (unpaired) electrons.